The van der Waals surface area contributed by atoms with Crippen LogP contribution in [0.15, 0.2) is 0 Å². The highest BCUT2D eigenvalue weighted by molar-refractivity contribution is 7.11. The van der Waals surface area contributed by atoms with E-state index in [0.717, 1.165) is 25.4 Å². The minimum absolute atomic E-state index is 0.0484. The van der Waals surface area contributed by atoms with Crippen LogP contribution in [-0.2, 0) is 16.9 Å². The SMILES string of the molecule is COC1(c2nc(C)c(CNC3CC3)s2)CCC1. The fourth-order valence-electron chi connectivity index (χ4n) is 2.31. The van der Waals surface area contributed by atoms with Gasteiger partial charge >= 0.3 is 0 Å². The summed E-state index contributed by atoms with van der Waals surface area (Å²) < 4.78 is 5.69. The van der Waals surface area contributed by atoms with Gasteiger partial charge in [0.2, 0.25) is 0 Å². The summed E-state index contributed by atoms with van der Waals surface area (Å²) in [7, 11) is 1.82. The van der Waals surface area contributed by atoms with E-state index in [1.807, 2.05) is 18.4 Å². The molecule has 2 aliphatic rings. The van der Waals surface area contributed by atoms with E-state index in [-0.39, 0.29) is 5.60 Å². The van der Waals surface area contributed by atoms with Crippen LogP contribution in [0.3, 0.4) is 0 Å². The number of aromatic nitrogens is 1. The zero-order valence-corrected chi connectivity index (χ0v) is 11.4. The molecule has 0 bridgehead atoms. The van der Waals surface area contributed by atoms with Crippen molar-refractivity contribution >= 4 is 11.3 Å². The van der Waals surface area contributed by atoms with Gasteiger partial charge < -0.3 is 10.1 Å². The van der Waals surface area contributed by atoms with Crippen LogP contribution < -0.4 is 5.32 Å². The van der Waals surface area contributed by atoms with Gasteiger partial charge in [-0.15, -0.1) is 11.3 Å². The van der Waals surface area contributed by atoms with E-state index in [1.165, 1.54) is 34.8 Å². The first kappa shape index (κ1) is 11.6. The summed E-state index contributed by atoms with van der Waals surface area (Å²) >= 11 is 1.84. The summed E-state index contributed by atoms with van der Waals surface area (Å²) in [5, 5.41) is 4.75. The van der Waals surface area contributed by atoms with Gasteiger partial charge in [-0.25, -0.2) is 4.98 Å². The molecule has 17 heavy (non-hydrogen) atoms. The van der Waals surface area contributed by atoms with Crippen molar-refractivity contribution in [2.75, 3.05) is 7.11 Å². The summed E-state index contributed by atoms with van der Waals surface area (Å²) in [5.74, 6) is 0. The quantitative estimate of drug-likeness (QED) is 0.875. The third-order valence-electron chi connectivity index (χ3n) is 3.96. The number of methoxy groups -OCH3 is 1. The average molecular weight is 252 g/mol. The molecular weight excluding hydrogens is 232 g/mol. The lowest BCUT2D eigenvalue weighted by atomic mass is 9.80. The molecule has 94 valence electrons. The fourth-order valence-corrected chi connectivity index (χ4v) is 3.55. The van der Waals surface area contributed by atoms with Crippen molar-refractivity contribution in [1.29, 1.82) is 0 Å². The largest absolute Gasteiger partial charge is 0.371 e. The first-order valence-electron chi connectivity index (χ1n) is 6.49. The monoisotopic (exact) mass is 252 g/mol. The molecule has 1 heterocycles. The highest BCUT2D eigenvalue weighted by Crippen LogP contribution is 2.46. The number of nitrogens with zero attached hydrogens (tertiary/aromatic N) is 1. The Hall–Kier alpha value is -0.450. The molecule has 2 aliphatic carbocycles. The standard InChI is InChI=1S/C13H20N2OS/c1-9-11(8-14-10-4-5-10)17-12(15-9)13(16-2)6-3-7-13/h10,14H,3-8H2,1-2H3. The lowest BCUT2D eigenvalue weighted by Crippen LogP contribution is -2.35. The van der Waals surface area contributed by atoms with Crippen LogP contribution in [0, 0.1) is 6.92 Å². The minimum atomic E-state index is -0.0484. The number of aryl methyl sites for hydroxylation is 1. The topological polar surface area (TPSA) is 34.1 Å². The Balaban J connectivity index is 1.74. The number of hydrogen-bond donors (Lipinski definition) is 1. The van der Waals surface area contributed by atoms with Gasteiger partial charge in [0.25, 0.3) is 0 Å². The van der Waals surface area contributed by atoms with Crippen molar-refractivity contribution in [3.8, 4) is 0 Å². The molecule has 0 radical (unpaired) electrons. The van der Waals surface area contributed by atoms with Crippen LogP contribution in [0.5, 0.6) is 0 Å². The van der Waals surface area contributed by atoms with Crippen molar-refractivity contribution < 1.29 is 4.74 Å². The summed E-state index contributed by atoms with van der Waals surface area (Å²) in [6.07, 6.45) is 6.21. The second-order valence-corrected chi connectivity index (χ2v) is 6.32. The number of nitrogens with one attached hydrogen (secondary N) is 1. The maximum atomic E-state index is 5.69. The summed E-state index contributed by atoms with van der Waals surface area (Å²) in [6, 6.07) is 0.764. The van der Waals surface area contributed by atoms with Gasteiger partial charge in [0.1, 0.15) is 10.6 Å². The molecule has 1 aromatic rings. The lowest BCUT2D eigenvalue weighted by Gasteiger charge is -2.38. The lowest BCUT2D eigenvalue weighted by molar-refractivity contribution is -0.0780. The second-order valence-electron chi connectivity index (χ2n) is 5.23. The van der Waals surface area contributed by atoms with Crippen molar-refractivity contribution in [2.24, 2.45) is 0 Å². The third-order valence-corrected chi connectivity index (χ3v) is 5.31. The molecule has 0 saturated heterocycles. The number of rotatable bonds is 5. The molecule has 3 nitrogen and oxygen atoms in total. The molecule has 3 rings (SSSR count). The minimum Gasteiger partial charge on any atom is -0.371 e. The van der Waals surface area contributed by atoms with Gasteiger partial charge in [-0.05, 0) is 39.0 Å². The second kappa shape index (κ2) is 4.34. The van der Waals surface area contributed by atoms with E-state index in [2.05, 4.69) is 12.2 Å². The Labute approximate surface area is 107 Å². The van der Waals surface area contributed by atoms with E-state index >= 15 is 0 Å². The molecule has 0 atom stereocenters. The molecule has 0 aromatic carbocycles. The van der Waals surface area contributed by atoms with Crippen LogP contribution in [0.25, 0.3) is 0 Å². The van der Waals surface area contributed by atoms with Gasteiger partial charge in [0.15, 0.2) is 0 Å². The molecular formula is C13H20N2OS. The Kier molecular flexibility index (Phi) is 2.97. The average Bonchev–Trinajstić information content (AvgIpc) is 3.00. The summed E-state index contributed by atoms with van der Waals surface area (Å²) in [4.78, 5) is 6.11. The molecule has 0 unspecified atom stereocenters. The molecule has 0 aliphatic heterocycles. The molecule has 1 aromatic heterocycles. The highest BCUT2D eigenvalue weighted by Gasteiger charge is 2.42. The highest BCUT2D eigenvalue weighted by atomic mass is 32.1. The van der Waals surface area contributed by atoms with Gasteiger partial charge in [0, 0.05) is 24.6 Å². The van der Waals surface area contributed by atoms with E-state index in [4.69, 9.17) is 9.72 Å². The van der Waals surface area contributed by atoms with E-state index in [0.29, 0.717) is 0 Å². The third kappa shape index (κ3) is 2.14. The first-order chi connectivity index (χ1) is 8.23. The zero-order valence-electron chi connectivity index (χ0n) is 10.6. The van der Waals surface area contributed by atoms with Crippen molar-refractivity contribution in [2.45, 2.75) is 57.2 Å². The van der Waals surface area contributed by atoms with Gasteiger partial charge in [0.05, 0.1) is 5.69 Å². The molecule has 2 fully saturated rings. The summed E-state index contributed by atoms with van der Waals surface area (Å²) in [5.41, 5.74) is 1.13. The van der Waals surface area contributed by atoms with Crippen molar-refractivity contribution in [3.63, 3.8) is 0 Å². The van der Waals surface area contributed by atoms with E-state index < -0.39 is 0 Å². The fraction of sp³-hybridized carbons (Fsp3) is 0.769. The number of hydrogen-bond acceptors (Lipinski definition) is 4. The zero-order chi connectivity index (χ0) is 11.9. The smallest absolute Gasteiger partial charge is 0.125 e. The van der Waals surface area contributed by atoms with Crippen LogP contribution in [0.2, 0.25) is 0 Å². The van der Waals surface area contributed by atoms with Crippen molar-refractivity contribution in [1.82, 2.24) is 10.3 Å². The Morgan fingerprint density at radius 2 is 2.24 bits per heavy atom. The van der Waals surface area contributed by atoms with Crippen LogP contribution in [0.1, 0.15) is 47.7 Å². The first-order valence-corrected chi connectivity index (χ1v) is 7.30. The van der Waals surface area contributed by atoms with Crippen molar-refractivity contribution in [3.05, 3.63) is 15.6 Å². The van der Waals surface area contributed by atoms with Crippen LogP contribution in [0.4, 0.5) is 0 Å². The predicted octanol–water partition coefficient (Wildman–Crippen LogP) is 2.73. The van der Waals surface area contributed by atoms with Gasteiger partial charge in [-0.2, -0.15) is 0 Å². The van der Waals surface area contributed by atoms with Gasteiger partial charge in [-0.3, -0.25) is 0 Å². The molecule has 0 spiro atoms. The van der Waals surface area contributed by atoms with E-state index in [9.17, 15) is 0 Å². The summed E-state index contributed by atoms with van der Waals surface area (Å²) in [6.45, 7) is 3.10. The van der Waals surface area contributed by atoms with Crippen LogP contribution in [-0.4, -0.2) is 18.1 Å². The maximum Gasteiger partial charge on any atom is 0.125 e. The van der Waals surface area contributed by atoms with Gasteiger partial charge in [-0.1, -0.05) is 0 Å². The maximum absolute atomic E-state index is 5.69. The normalized spacial score (nSPS) is 22.5. The predicted molar refractivity (Wildman–Crippen MR) is 69.3 cm³/mol. The number of ether oxygens (including phenoxy) is 1. The molecule has 1 N–H and O–H groups in total. The molecule has 2 saturated carbocycles. The number of thiazole rings is 1. The van der Waals surface area contributed by atoms with Crippen LogP contribution >= 0.6 is 11.3 Å². The Morgan fingerprint density at radius 3 is 2.76 bits per heavy atom. The molecule has 4 heteroatoms. The Bertz CT molecular complexity index is 402. The Morgan fingerprint density at radius 1 is 1.47 bits per heavy atom. The molecule has 0 amide bonds. The van der Waals surface area contributed by atoms with E-state index in [1.54, 1.807) is 0 Å².